The summed E-state index contributed by atoms with van der Waals surface area (Å²) < 4.78 is 12.2. The maximum Gasteiger partial charge on any atom is 0.318 e. The molecule has 0 aromatic rings. The zero-order chi connectivity index (χ0) is 24.1. The van der Waals surface area contributed by atoms with Gasteiger partial charge in [0.05, 0.1) is 21.1 Å². The van der Waals surface area contributed by atoms with Crippen LogP contribution in [-0.2, 0) is 4.57 Å². The lowest BCUT2D eigenvalue weighted by Gasteiger charge is -2.34. The van der Waals surface area contributed by atoms with Gasteiger partial charge in [0.1, 0.15) is 6.04 Å². The highest BCUT2D eigenvalue weighted by Gasteiger charge is 2.36. The predicted molar refractivity (Wildman–Crippen MR) is 141 cm³/mol. The molecule has 0 bridgehead atoms. The van der Waals surface area contributed by atoms with Gasteiger partial charge in [-0.3, -0.25) is 0 Å². The molecule has 0 amide bonds. The molecule has 0 radical (unpaired) electrons. The molecule has 3 atom stereocenters. The third kappa shape index (κ3) is 19.2. The Hall–Kier alpha value is -0.240. The van der Waals surface area contributed by atoms with E-state index in [-0.39, 0.29) is 11.7 Å². The molecule has 0 spiro atoms. The lowest BCUT2D eigenvalue weighted by atomic mass is 10.0. The van der Waals surface area contributed by atoms with Crippen LogP contribution in [0.25, 0.3) is 0 Å². The fraction of sp³-hybridized carbons (Fsp3) is 0.929. The van der Waals surface area contributed by atoms with Crippen molar-refractivity contribution >= 4 is 8.03 Å². The molecular formula is C28H57NO2P+. The van der Waals surface area contributed by atoms with Crippen LogP contribution in [0.15, 0.2) is 12.2 Å². The fourth-order valence-electron chi connectivity index (χ4n) is 4.72. The number of rotatable bonds is 23. The minimum absolute atomic E-state index is 0.210. The second kappa shape index (κ2) is 21.3. The number of nitrogens with zero attached hydrogens (tertiary/aromatic N) is 1. The van der Waals surface area contributed by atoms with Crippen LogP contribution in [0.1, 0.15) is 136 Å². The van der Waals surface area contributed by atoms with Gasteiger partial charge in [-0.1, -0.05) is 107 Å². The van der Waals surface area contributed by atoms with E-state index in [1.807, 2.05) is 6.92 Å². The molecule has 0 aliphatic rings. The van der Waals surface area contributed by atoms with E-state index in [1.165, 1.54) is 109 Å². The summed E-state index contributed by atoms with van der Waals surface area (Å²) >= 11 is 0. The maximum atomic E-state index is 11.4. The molecule has 190 valence electrons. The Kier molecular flexibility index (Phi) is 21.1. The Morgan fingerprint density at radius 2 is 1.06 bits per heavy atom. The summed E-state index contributed by atoms with van der Waals surface area (Å²) in [5.74, 6) is 0. The normalized spacial score (nSPS) is 14.8. The second-order valence-electron chi connectivity index (χ2n) is 10.9. The van der Waals surface area contributed by atoms with Crippen molar-refractivity contribution < 1.29 is 13.9 Å². The molecule has 0 fully saturated rings. The van der Waals surface area contributed by atoms with Crippen LogP contribution >= 0.6 is 8.03 Å². The van der Waals surface area contributed by atoms with Crippen molar-refractivity contribution in [3.8, 4) is 0 Å². The van der Waals surface area contributed by atoms with Gasteiger partial charge in [0.15, 0.2) is 0 Å². The van der Waals surface area contributed by atoms with Crippen LogP contribution in [0.3, 0.4) is 0 Å². The molecule has 0 aromatic heterocycles. The monoisotopic (exact) mass is 470 g/mol. The second-order valence-corrected chi connectivity index (χ2v) is 12.2. The number of quaternary nitrogens is 1. The summed E-state index contributed by atoms with van der Waals surface area (Å²) in [7, 11) is 4.02. The molecule has 0 N–H and O–H groups in total. The molecule has 0 aliphatic heterocycles. The van der Waals surface area contributed by atoms with Gasteiger partial charge < -0.3 is 9.38 Å². The van der Waals surface area contributed by atoms with Crippen LogP contribution in [-0.4, -0.2) is 37.3 Å². The smallest absolute Gasteiger partial charge is 0.318 e. The summed E-state index contributed by atoms with van der Waals surface area (Å²) in [4.78, 5) is 11.4. The molecule has 32 heavy (non-hydrogen) atoms. The highest BCUT2D eigenvalue weighted by atomic mass is 31.1. The zero-order valence-corrected chi connectivity index (χ0v) is 23.3. The number of hydrogen-bond donors (Lipinski definition) is 0. The van der Waals surface area contributed by atoms with Crippen molar-refractivity contribution in [2.24, 2.45) is 0 Å². The molecule has 0 saturated heterocycles. The molecule has 0 aromatic carbocycles. The Bertz CT molecular complexity index is 459. The van der Waals surface area contributed by atoms with Crippen molar-refractivity contribution in [1.29, 1.82) is 0 Å². The Morgan fingerprint density at radius 1 is 0.688 bits per heavy atom. The van der Waals surface area contributed by atoms with Crippen LogP contribution in [0.5, 0.6) is 0 Å². The standard InChI is InChI=1S/C28H57NO2P/c1-6-7-8-9-10-11-12-13-14-15-16-17-18-19-20-21-22-23-24-25-26-28(29(3,4)5)27(2)32(30)31/h13-14,27-28H,6-12,15-26H2,1-5H3/q+1. The quantitative estimate of drug-likeness (QED) is 0.0649. The first-order valence-corrected chi connectivity index (χ1v) is 15.1. The molecular weight excluding hydrogens is 413 g/mol. The summed E-state index contributed by atoms with van der Waals surface area (Å²) in [6, 6.07) is 0.210. The highest BCUT2D eigenvalue weighted by molar-refractivity contribution is 7.37. The van der Waals surface area contributed by atoms with Gasteiger partial charge >= 0.3 is 8.03 Å². The Labute approximate surface area is 202 Å². The van der Waals surface area contributed by atoms with Gasteiger partial charge in [0.2, 0.25) is 5.66 Å². The first-order chi connectivity index (χ1) is 15.3. The van der Waals surface area contributed by atoms with Crippen molar-refractivity contribution in [2.45, 2.75) is 148 Å². The Morgan fingerprint density at radius 3 is 1.44 bits per heavy atom. The number of allylic oxidation sites excluding steroid dienone is 2. The van der Waals surface area contributed by atoms with Gasteiger partial charge in [0, 0.05) is 6.42 Å². The van der Waals surface area contributed by atoms with Gasteiger partial charge in [0.25, 0.3) is 0 Å². The van der Waals surface area contributed by atoms with E-state index in [0.717, 1.165) is 17.3 Å². The van der Waals surface area contributed by atoms with Crippen molar-refractivity contribution in [1.82, 2.24) is 0 Å². The maximum absolute atomic E-state index is 11.4. The molecule has 3 nitrogen and oxygen atoms in total. The average molecular weight is 471 g/mol. The average Bonchev–Trinajstić information content (AvgIpc) is 2.73. The van der Waals surface area contributed by atoms with Gasteiger partial charge in [-0.05, 0) is 39.0 Å². The summed E-state index contributed by atoms with van der Waals surface area (Å²) in [5.41, 5.74) is -0.235. The third-order valence-electron chi connectivity index (χ3n) is 6.90. The predicted octanol–water partition coefficient (Wildman–Crippen LogP) is 8.54. The van der Waals surface area contributed by atoms with Crippen LogP contribution in [0, 0.1) is 0 Å². The first kappa shape index (κ1) is 31.8. The van der Waals surface area contributed by atoms with Gasteiger partial charge in [-0.15, -0.1) is 0 Å². The molecule has 4 heteroatoms. The minimum atomic E-state index is -2.33. The van der Waals surface area contributed by atoms with Crippen molar-refractivity contribution in [2.75, 3.05) is 21.1 Å². The van der Waals surface area contributed by atoms with E-state index in [2.05, 4.69) is 40.2 Å². The third-order valence-corrected chi connectivity index (χ3v) is 7.91. The molecule has 0 saturated carbocycles. The number of unbranched alkanes of at least 4 members (excludes halogenated alkanes) is 16. The van der Waals surface area contributed by atoms with Crippen LogP contribution in [0.4, 0.5) is 0 Å². The lowest BCUT2D eigenvalue weighted by molar-refractivity contribution is -0.896. The first-order valence-electron chi connectivity index (χ1n) is 13.9. The van der Waals surface area contributed by atoms with Gasteiger partial charge in [-0.2, -0.15) is 0 Å². The fourth-order valence-corrected chi connectivity index (χ4v) is 5.55. The molecule has 0 rings (SSSR count). The van der Waals surface area contributed by atoms with Crippen LogP contribution < -0.4 is 4.89 Å². The zero-order valence-electron chi connectivity index (χ0n) is 22.5. The lowest BCUT2D eigenvalue weighted by Crippen LogP contribution is -2.50. The SMILES string of the molecule is CCCCCCCCC=CCCCCCCCCCCCCC(C(C)[P+](=O)[O-])[N+](C)(C)C. The largest absolute Gasteiger partial charge is 0.595 e. The number of hydrogen-bond acceptors (Lipinski definition) is 2. The van der Waals surface area contributed by atoms with E-state index in [9.17, 15) is 9.46 Å². The Balaban J connectivity index is 3.45. The molecule has 0 aliphatic carbocycles. The molecule has 0 heterocycles. The van der Waals surface area contributed by atoms with E-state index >= 15 is 0 Å². The van der Waals surface area contributed by atoms with Crippen molar-refractivity contribution in [3.63, 3.8) is 0 Å². The summed E-state index contributed by atoms with van der Waals surface area (Å²) in [6.45, 7) is 4.15. The van der Waals surface area contributed by atoms with E-state index in [1.54, 1.807) is 0 Å². The summed E-state index contributed by atoms with van der Waals surface area (Å²) in [6.07, 6.45) is 30.0. The van der Waals surface area contributed by atoms with E-state index in [0.29, 0.717) is 0 Å². The van der Waals surface area contributed by atoms with E-state index in [4.69, 9.17) is 0 Å². The molecule has 3 unspecified atom stereocenters. The van der Waals surface area contributed by atoms with E-state index < -0.39 is 8.03 Å². The minimum Gasteiger partial charge on any atom is -0.595 e. The van der Waals surface area contributed by atoms with Gasteiger partial charge in [-0.25, -0.2) is 0 Å². The van der Waals surface area contributed by atoms with Crippen LogP contribution in [0.2, 0.25) is 0 Å². The van der Waals surface area contributed by atoms with Crippen molar-refractivity contribution in [3.05, 3.63) is 12.2 Å². The topological polar surface area (TPSA) is 40.1 Å². The highest BCUT2D eigenvalue weighted by Crippen LogP contribution is 2.29. The summed E-state index contributed by atoms with van der Waals surface area (Å²) in [5, 5.41) is 0.